The highest BCUT2D eigenvalue weighted by molar-refractivity contribution is 5.81. The third kappa shape index (κ3) is 5.80. The molecular weight excluding hydrogens is 388 g/mol. The Hall–Kier alpha value is -3.40. The molecule has 10 heteroatoms. The fraction of sp³-hybridized carbons (Fsp3) is 0.400. The maximum atomic E-state index is 12.4. The van der Waals surface area contributed by atoms with Crippen LogP contribution in [0.25, 0.3) is 11.2 Å². The van der Waals surface area contributed by atoms with Crippen LogP contribution in [0.5, 0.6) is 6.01 Å². The zero-order chi connectivity index (χ0) is 22.1. The van der Waals surface area contributed by atoms with Crippen LogP contribution in [0.4, 0.5) is 5.82 Å². The third-order valence-electron chi connectivity index (χ3n) is 4.05. The van der Waals surface area contributed by atoms with Crippen molar-refractivity contribution in [3.05, 3.63) is 45.9 Å². The quantitative estimate of drug-likeness (QED) is 0.472. The van der Waals surface area contributed by atoms with Gasteiger partial charge in [0.1, 0.15) is 12.1 Å². The third-order valence-corrected chi connectivity index (χ3v) is 4.05. The van der Waals surface area contributed by atoms with E-state index in [0.29, 0.717) is 30.9 Å². The summed E-state index contributed by atoms with van der Waals surface area (Å²) >= 11 is 0. The van der Waals surface area contributed by atoms with Gasteiger partial charge in [-0.3, -0.25) is 9.36 Å². The lowest BCUT2D eigenvalue weighted by Gasteiger charge is -2.08. The molecule has 0 spiro atoms. The van der Waals surface area contributed by atoms with Crippen LogP contribution in [0.3, 0.4) is 0 Å². The number of ether oxygens (including phenoxy) is 2. The van der Waals surface area contributed by atoms with E-state index in [1.165, 1.54) is 11.5 Å². The van der Waals surface area contributed by atoms with Crippen molar-refractivity contribution in [1.29, 1.82) is 0 Å². The topological polar surface area (TPSA) is 137 Å². The number of H-pyrrole nitrogens is 1. The molecule has 4 N–H and O–H groups in total. The minimum absolute atomic E-state index is 0.0838. The monoisotopic (exact) mass is 416 g/mol. The summed E-state index contributed by atoms with van der Waals surface area (Å²) < 4.78 is 11.8. The van der Waals surface area contributed by atoms with E-state index in [9.17, 15) is 9.59 Å². The van der Waals surface area contributed by atoms with Crippen molar-refractivity contribution in [2.45, 2.75) is 33.9 Å². The molecule has 30 heavy (non-hydrogen) atoms. The van der Waals surface area contributed by atoms with E-state index in [0.717, 1.165) is 11.1 Å². The van der Waals surface area contributed by atoms with E-state index >= 15 is 0 Å². The molecule has 3 rings (SSSR count). The van der Waals surface area contributed by atoms with E-state index in [4.69, 9.17) is 15.2 Å². The molecule has 0 saturated heterocycles. The SMILES string of the molecule is CC.COCCOc1nc(N)c2[nH]c(=O)n(Cc3ccc(CNC(C)=O)cc3)c2n1. The van der Waals surface area contributed by atoms with E-state index in [1.807, 2.05) is 38.1 Å². The van der Waals surface area contributed by atoms with Crippen LogP contribution in [0, 0.1) is 0 Å². The number of hydrogen-bond acceptors (Lipinski definition) is 7. The number of imidazole rings is 1. The van der Waals surface area contributed by atoms with Crippen LogP contribution in [0.1, 0.15) is 31.9 Å². The number of anilines is 1. The van der Waals surface area contributed by atoms with Crippen molar-refractivity contribution in [3.63, 3.8) is 0 Å². The largest absolute Gasteiger partial charge is 0.461 e. The minimum Gasteiger partial charge on any atom is -0.461 e. The van der Waals surface area contributed by atoms with Gasteiger partial charge in [-0.2, -0.15) is 9.97 Å². The van der Waals surface area contributed by atoms with Crippen LogP contribution in [0.15, 0.2) is 29.1 Å². The van der Waals surface area contributed by atoms with Crippen LogP contribution in [-0.2, 0) is 22.6 Å². The Bertz CT molecular complexity index is 1030. The first-order valence-electron chi connectivity index (χ1n) is 9.68. The predicted octanol–water partition coefficient (Wildman–Crippen LogP) is 1.44. The standard InChI is InChI=1S/C18H22N6O4.C2H6/c1-11(25)20-9-12-3-5-13(6-4-12)10-24-16-14(21-18(24)26)15(19)22-17(23-16)28-8-7-27-2;1-2/h3-6H,7-10H2,1-2H3,(H,20,25)(H,21,26)(H2,19,22,23);1-2H3. The first-order valence-corrected chi connectivity index (χ1v) is 9.68. The van der Waals surface area contributed by atoms with Crippen LogP contribution >= 0.6 is 0 Å². The van der Waals surface area contributed by atoms with Crippen molar-refractivity contribution >= 4 is 22.9 Å². The second-order valence-electron chi connectivity index (χ2n) is 6.17. The molecule has 0 radical (unpaired) electrons. The zero-order valence-corrected chi connectivity index (χ0v) is 17.7. The van der Waals surface area contributed by atoms with Gasteiger partial charge in [0, 0.05) is 20.6 Å². The maximum absolute atomic E-state index is 12.4. The number of methoxy groups -OCH3 is 1. The predicted molar refractivity (Wildman–Crippen MR) is 114 cm³/mol. The molecule has 10 nitrogen and oxygen atoms in total. The Labute approximate surface area is 174 Å². The number of nitrogens with zero attached hydrogens (tertiary/aromatic N) is 3. The fourth-order valence-corrected chi connectivity index (χ4v) is 2.63. The summed E-state index contributed by atoms with van der Waals surface area (Å²) in [5, 5.41) is 2.74. The van der Waals surface area contributed by atoms with Crippen molar-refractivity contribution in [1.82, 2.24) is 24.8 Å². The van der Waals surface area contributed by atoms with Gasteiger partial charge in [-0.15, -0.1) is 0 Å². The summed E-state index contributed by atoms with van der Waals surface area (Å²) in [4.78, 5) is 34.4. The molecule has 0 bridgehead atoms. The molecule has 0 atom stereocenters. The smallest absolute Gasteiger partial charge is 0.328 e. The number of aromatic amines is 1. The van der Waals surface area contributed by atoms with Crippen molar-refractivity contribution in [2.75, 3.05) is 26.1 Å². The number of carbonyl (C=O) groups is 1. The lowest BCUT2D eigenvalue weighted by molar-refractivity contribution is -0.119. The Kier molecular flexibility index (Phi) is 8.36. The maximum Gasteiger partial charge on any atom is 0.328 e. The van der Waals surface area contributed by atoms with E-state index in [2.05, 4.69) is 20.3 Å². The van der Waals surface area contributed by atoms with E-state index < -0.39 is 0 Å². The number of benzene rings is 1. The zero-order valence-electron chi connectivity index (χ0n) is 17.7. The first-order chi connectivity index (χ1) is 14.5. The number of rotatable bonds is 8. The van der Waals surface area contributed by atoms with Crippen LogP contribution < -0.4 is 21.5 Å². The highest BCUT2D eigenvalue weighted by Crippen LogP contribution is 2.18. The number of fused-ring (bicyclic) bond motifs is 1. The molecule has 3 aromatic rings. The van der Waals surface area contributed by atoms with Gasteiger partial charge in [0.25, 0.3) is 0 Å². The summed E-state index contributed by atoms with van der Waals surface area (Å²) in [6.07, 6.45) is 0. The first kappa shape index (κ1) is 22.9. The number of nitrogen functional groups attached to an aromatic ring is 1. The number of aromatic nitrogens is 4. The minimum atomic E-state index is -0.340. The molecule has 0 saturated carbocycles. The highest BCUT2D eigenvalue weighted by Gasteiger charge is 2.15. The summed E-state index contributed by atoms with van der Waals surface area (Å²) in [6.45, 7) is 6.87. The molecule has 0 aliphatic heterocycles. The lowest BCUT2D eigenvalue weighted by atomic mass is 10.1. The highest BCUT2D eigenvalue weighted by atomic mass is 16.5. The fourth-order valence-electron chi connectivity index (χ4n) is 2.63. The number of nitrogens with one attached hydrogen (secondary N) is 2. The Balaban J connectivity index is 0.00000155. The van der Waals surface area contributed by atoms with Crippen molar-refractivity contribution in [2.24, 2.45) is 0 Å². The van der Waals surface area contributed by atoms with Gasteiger partial charge in [-0.25, -0.2) is 4.79 Å². The average Bonchev–Trinajstić information content (AvgIpc) is 3.05. The lowest BCUT2D eigenvalue weighted by Crippen LogP contribution is -2.19. The molecule has 1 amide bonds. The Morgan fingerprint density at radius 3 is 2.47 bits per heavy atom. The Morgan fingerprint density at radius 1 is 1.17 bits per heavy atom. The van der Waals surface area contributed by atoms with Gasteiger partial charge in [0.05, 0.1) is 13.2 Å². The van der Waals surface area contributed by atoms with Gasteiger partial charge in [0.2, 0.25) is 5.91 Å². The average molecular weight is 416 g/mol. The molecule has 0 fully saturated rings. The molecular formula is C20H28N6O4. The second kappa shape index (κ2) is 11.0. The van der Waals surface area contributed by atoms with Crippen molar-refractivity contribution in [3.8, 4) is 6.01 Å². The van der Waals surface area contributed by atoms with Gasteiger partial charge in [-0.05, 0) is 11.1 Å². The van der Waals surface area contributed by atoms with Gasteiger partial charge >= 0.3 is 11.7 Å². The molecule has 0 unspecified atom stereocenters. The Morgan fingerprint density at radius 2 is 1.83 bits per heavy atom. The van der Waals surface area contributed by atoms with Crippen LogP contribution in [-0.4, -0.2) is 45.7 Å². The van der Waals surface area contributed by atoms with Crippen LogP contribution in [0.2, 0.25) is 0 Å². The van der Waals surface area contributed by atoms with Gasteiger partial charge < -0.3 is 25.5 Å². The van der Waals surface area contributed by atoms with Gasteiger partial charge in [0.15, 0.2) is 11.5 Å². The molecule has 162 valence electrons. The van der Waals surface area contributed by atoms with E-state index in [1.54, 1.807) is 7.11 Å². The molecule has 1 aromatic carbocycles. The van der Waals surface area contributed by atoms with Crippen molar-refractivity contribution < 1.29 is 14.3 Å². The summed E-state index contributed by atoms with van der Waals surface area (Å²) in [7, 11) is 1.56. The summed E-state index contributed by atoms with van der Waals surface area (Å²) in [6, 6.07) is 7.66. The molecule has 2 aromatic heterocycles. The van der Waals surface area contributed by atoms with E-state index in [-0.39, 0.29) is 30.0 Å². The number of carbonyl (C=O) groups excluding carboxylic acids is 1. The number of nitrogens with two attached hydrogens (primary N) is 1. The normalized spacial score (nSPS) is 10.4. The molecule has 0 aliphatic carbocycles. The van der Waals surface area contributed by atoms with Gasteiger partial charge in [-0.1, -0.05) is 38.1 Å². The number of hydrogen-bond donors (Lipinski definition) is 3. The summed E-state index contributed by atoms with van der Waals surface area (Å²) in [5.41, 5.74) is 8.19. The summed E-state index contributed by atoms with van der Waals surface area (Å²) in [5.74, 6) is 0.0501. The molecule has 0 aliphatic rings. The second-order valence-corrected chi connectivity index (χ2v) is 6.17. The molecule has 2 heterocycles. The number of amides is 1.